The molecule has 1 N–H and O–H groups in total. The molecule has 2 unspecified atom stereocenters. The SMILES string of the molecule is CNC(CC1CCC1)C(OC)C(C)(C)C. The average molecular weight is 213 g/mol. The highest BCUT2D eigenvalue weighted by atomic mass is 16.5. The molecular formula is C13H27NO. The van der Waals surface area contributed by atoms with Crippen molar-refractivity contribution in [2.75, 3.05) is 14.2 Å². The van der Waals surface area contributed by atoms with Gasteiger partial charge < -0.3 is 10.1 Å². The Morgan fingerprint density at radius 2 is 1.93 bits per heavy atom. The highest BCUT2D eigenvalue weighted by molar-refractivity contribution is 4.88. The van der Waals surface area contributed by atoms with E-state index in [-0.39, 0.29) is 5.41 Å². The Bertz CT molecular complexity index is 181. The Morgan fingerprint density at radius 3 is 2.20 bits per heavy atom. The van der Waals surface area contributed by atoms with Crippen LogP contribution in [-0.2, 0) is 4.74 Å². The van der Waals surface area contributed by atoms with Crippen LogP contribution in [0.15, 0.2) is 0 Å². The van der Waals surface area contributed by atoms with Gasteiger partial charge in [-0.15, -0.1) is 0 Å². The van der Waals surface area contributed by atoms with E-state index in [2.05, 4.69) is 33.1 Å². The summed E-state index contributed by atoms with van der Waals surface area (Å²) in [5, 5.41) is 3.43. The fraction of sp³-hybridized carbons (Fsp3) is 1.00. The summed E-state index contributed by atoms with van der Waals surface area (Å²) >= 11 is 0. The van der Waals surface area contributed by atoms with Crippen LogP contribution in [0.1, 0.15) is 46.5 Å². The number of nitrogens with one attached hydrogen (secondary N) is 1. The molecule has 0 spiro atoms. The number of methoxy groups -OCH3 is 1. The van der Waals surface area contributed by atoms with Crippen molar-refractivity contribution < 1.29 is 4.74 Å². The molecule has 1 aliphatic rings. The lowest BCUT2D eigenvalue weighted by Gasteiger charge is -2.39. The normalized spacial score (nSPS) is 22.2. The first-order valence-corrected chi connectivity index (χ1v) is 6.19. The van der Waals surface area contributed by atoms with Gasteiger partial charge in [0.25, 0.3) is 0 Å². The van der Waals surface area contributed by atoms with Gasteiger partial charge in [0.05, 0.1) is 6.10 Å². The van der Waals surface area contributed by atoms with Gasteiger partial charge in [-0.2, -0.15) is 0 Å². The predicted octanol–water partition coefficient (Wildman–Crippen LogP) is 2.83. The molecule has 0 aromatic rings. The number of ether oxygens (including phenoxy) is 1. The van der Waals surface area contributed by atoms with Crippen molar-refractivity contribution in [1.29, 1.82) is 0 Å². The van der Waals surface area contributed by atoms with Crippen LogP contribution in [0.25, 0.3) is 0 Å². The van der Waals surface area contributed by atoms with Gasteiger partial charge in [-0.05, 0) is 24.8 Å². The van der Waals surface area contributed by atoms with Gasteiger partial charge in [0.15, 0.2) is 0 Å². The Balaban J connectivity index is 2.52. The number of hydrogen-bond donors (Lipinski definition) is 1. The molecule has 2 heteroatoms. The molecule has 0 heterocycles. The van der Waals surface area contributed by atoms with E-state index < -0.39 is 0 Å². The van der Waals surface area contributed by atoms with Crippen LogP contribution >= 0.6 is 0 Å². The topological polar surface area (TPSA) is 21.3 Å². The van der Waals surface area contributed by atoms with E-state index in [9.17, 15) is 0 Å². The second-order valence-corrected chi connectivity index (χ2v) is 5.95. The zero-order valence-corrected chi connectivity index (χ0v) is 11.0. The van der Waals surface area contributed by atoms with E-state index in [4.69, 9.17) is 4.74 Å². The summed E-state index contributed by atoms with van der Waals surface area (Å²) in [7, 11) is 3.89. The Labute approximate surface area is 94.8 Å². The third-order valence-corrected chi connectivity index (χ3v) is 3.66. The smallest absolute Gasteiger partial charge is 0.0772 e. The van der Waals surface area contributed by atoms with Crippen LogP contribution < -0.4 is 5.32 Å². The minimum Gasteiger partial charge on any atom is -0.379 e. The first-order valence-electron chi connectivity index (χ1n) is 6.19. The summed E-state index contributed by atoms with van der Waals surface area (Å²) in [4.78, 5) is 0. The average Bonchev–Trinajstić information content (AvgIpc) is 2.06. The second-order valence-electron chi connectivity index (χ2n) is 5.95. The molecule has 0 amide bonds. The summed E-state index contributed by atoms with van der Waals surface area (Å²) in [6, 6.07) is 0.500. The fourth-order valence-corrected chi connectivity index (χ4v) is 2.60. The van der Waals surface area contributed by atoms with Gasteiger partial charge in [0.1, 0.15) is 0 Å². The van der Waals surface area contributed by atoms with Crippen molar-refractivity contribution in [3.63, 3.8) is 0 Å². The number of rotatable bonds is 5. The highest BCUT2D eigenvalue weighted by Gasteiger charge is 2.33. The van der Waals surface area contributed by atoms with E-state index in [1.807, 2.05) is 7.11 Å². The molecule has 0 bridgehead atoms. The zero-order valence-electron chi connectivity index (χ0n) is 11.0. The number of hydrogen-bond acceptors (Lipinski definition) is 2. The summed E-state index contributed by atoms with van der Waals surface area (Å²) < 4.78 is 5.67. The van der Waals surface area contributed by atoms with Crippen molar-refractivity contribution >= 4 is 0 Å². The van der Waals surface area contributed by atoms with E-state index in [1.165, 1.54) is 25.7 Å². The van der Waals surface area contributed by atoms with Gasteiger partial charge in [-0.25, -0.2) is 0 Å². The maximum Gasteiger partial charge on any atom is 0.0772 e. The van der Waals surface area contributed by atoms with E-state index >= 15 is 0 Å². The van der Waals surface area contributed by atoms with Crippen molar-refractivity contribution in [1.82, 2.24) is 5.32 Å². The minimum atomic E-state index is 0.214. The lowest BCUT2D eigenvalue weighted by atomic mass is 9.76. The Morgan fingerprint density at radius 1 is 1.33 bits per heavy atom. The first kappa shape index (κ1) is 13.0. The second kappa shape index (κ2) is 5.31. The van der Waals surface area contributed by atoms with Crippen LogP contribution in [0.2, 0.25) is 0 Å². The van der Waals surface area contributed by atoms with Crippen LogP contribution in [-0.4, -0.2) is 26.3 Å². The van der Waals surface area contributed by atoms with Gasteiger partial charge >= 0.3 is 0 Å². The molecule has 2 nitrogen and oxygen atoms in total. The molecule has 0 aromatic heterocycles. The van der Waals surface area contributed by atoms with Gasteiger partial charge in [0.2, 0.25) is 0 Å². The minimum absolute atomic E-state index is 0.214. The lowest BCUT2D eigenvalue weighted by Crippen LogP contribution is -2.47. The third kappa shape index (κ3) is 3.46. The zero-order chi connectivity index (χ0) is 11.5. The summed E-state index contributed by atoms with van der Waals surface area (Å²) in [5.74, 6) is 0.933. The van der Waals surface area contributed by atoms with Crippen molar-refractivity contribution in [3.8, 4) is 0 Å². The Kier molecular flexibility index (Phi) is 4.60. The summed E-state index contributed by atoms with van der Waals surface area (Å²) in [5.41, 5.74) is 0.214. The molecule has 1 saturated carbocycles. The van der Waals surface area contributed by atoms with E-state index in [0.29, 0.717) is 12.1 Å². The maximum absolute atomic E-state index is 5.67. The monoisotopic (exact) mass is 213 g/mol. The molecule has 1 rings (SSSR count). The van der Waals surface area contributed by atoms with E-state index in [1.54, 1.807) is 0 Å². The maximum atomic E-state index is 5.67. The van der Waals surface area contributed by atoms with Crippen molar-refractivity contribution in [2.24, 2.45) is 11.3 Å². The molecule has 15 heavy (non-hydrogen) atoms. The molecule has 0 aliphatic heterocycles. The molecule has 0 radical (unpaired) electrons. The molecule has 0 aromatic carbocycles. The molecule has 0 saturated heterocycles. The molecule has 1 aliphatic carbocycles. The molecule has 90 valence electrons. The van der Waals surface area contributed by atoms with Crippen LogP contribution in [0.3, 0.4) is 0 Å². The highest BCUT2D eigenvalue weighted by Crippen LogP contribution is 2.34. The van der Waals surface area contributed by atoms with Crippen LogP contribution in [0, 0.1) is 11.3 Å². The van der Waals surface area contributed by atoms with Crippen LogP contribution in [0.4, 0.5) is 0 Å². The fourth-order valence-electron chi connectivity index (χ4n) is 2.60. The third-order valence-electron chi connectivity index (χ3n) is 3.66. The van der Waals surface area contributed by atoms with Crippen molar-refractivity contribution in [3.05, 3.63) is 0 Å². The quantitative estimate of drug-likeness (QED) is 0.758. The van der Waals surface area contributed by atoms with Gasteiger partial charge in [0, 0.05) is 13.2 Å². The molecule has 2 atom stereocenters. The summed E-state index contributed by atoms with van der Waals surface area (Å²) in [6.07, 6.45) is 5.83. The largest absolute Gasteiger partial charge is 0.379 e. The standard InChI is InChI=1S/C13H27NO/c1-13(2,3)12(15-5)11(14-4)9-10-7-6-8-10/h10-12,14H,6-9H2,1-5H3. The van der Waals surface area contributed by atoms with Crippen LogP contribution in [0.5, 0.6) is 0 Å². The first-order chi connectivity index (χ1) is 6.99. The molecule has 1 fully saturated rings. The van der Waals surface area contributed by atoms with E-state index in [0.717, 1.165) is 5.92 Å². The lowest BCUT2D eigenvalue weighted by molar-refractivity contribution is -0.0180. The van der Waals surface area contributed by atoms with Gasteiger partial charge in [-0.1, -0.05) is 40.0 Å². The van der Waals surface area contributed by atoms with Gasteiger partial charge in [-0.3, -0.25) is 0 Å². The van der Waals surface area contributed by atoms with Crippen molar-refractivity contribution in [2.45, 2.75) is 58.6 Å². The molecular weight excluding hydrogens is 186 g/mol. The predicted molar refractivity (Wildman–Crippen MR) is 65.1 cm³/mol. The Hall–Kier alpha value is -0.0800. The number of likely N-dealkylation sites (N-methyl/N-ethyl adjacent to an activating group) is 1. The summed E-state index contributed by atoms with van der Waals surface area (Å²) in [6.45, 7) is 6.77.